The predicted molar refractivity (Wildman–Crippen MR) is 103 cm³/mol. The number of rotatable bonds is 9. The third kappa shape index (κ3) is 6.62. The predicted octanol–water partition coefficient (Wildman–Crippen LogP) is 3.94. The summed E-state index contributed by atoms with van der Waals surface area (Å²) in [6.07, 6.45) is -1.18. The fourth-order valence-corrected chi connectivity index (χ4v) is 4.86. The molecule has 2 rings (SSSR count). The highest BCUT2D eigenvalue weighted by molar-refractivity contribution is 7.53. The Morgan fingerprint density at radius 2 is 1.79 bits per heavy atom. The van der Waals surface area contributed by atoms with E-state index in [1.807, 2.05) is 30.3 Å². The second-order valence-corrected chi connectivity index (χ2v) is 9.14. The number of esters is 1. The van der Waals surface area contributed by atoms with E-state index in [9.17, 15) is 14.2 Å². The number of carbonyl (C=O) groups excluding carboxylic acids is 2. The maximum absolute atomic E-state index is 13.0. The molecular formula is C19H28NO7P. The van der Waals surface area contributed by atoms with Crippen molar-refractivity contribution in [1.29, 1.82) is 0 Å². The number of amides is 1. The molecule has 0 aliphatic carbocycles. The Kier molecular flexibility index (Phi) is 8.04. The van der Waals surface area contributed by atoms with E-state index in [0.717, 1.165) is 5.56 Å². The van der Waals surface area contributed by atoms with Crippen molar-refractivity contribution in [2.45, 2.75) is 59.0 Å². The fraction of sp³-hybridized carbons (Fsp3) is 0.579. The third-order valence-corrected chi connectivity index (χ3v) is 6.14. The van der Waals surface area contributed by atoms with Gasteiger partial charge < -0.3 is 18.5 Å². The summed E-state index contributed by atoms with van der Waals surface area (Å²) in [4.78, 5) is 25.7. The van der Waals surface area contributed by atoms with Crippen LogP contribution in [-0.4, -0.2) is 48.1 Å². The van der Waals surface area contributed by atoms with Crippen molar-refractivity contribution in [3.8, 4) is 0 Å². The average molecular weight is 413 g/mol. The van der Waals surface area contributed by atoms with Crippen LogP contribution in [0.15, 0.2) is 30.3 Å². The van der Waals surface area contributed by atoms with E-state index in [1.165, 1.54) is 4.90 Å². The van der Waals surface area contributed by atoms with Gasteiger partial charge in [-0.25, -0.2) is 9.59 Å². The summed E-state index contributed by atoms with van der Waals surface area (Å²) in [5, 5.41) is 0. The van der Waals surface area contributed by atoms with Crippen molar-refractivity contribution in [3.05, 3.63) is 35.9 Å². The number of hydrogen-bond donors (Lipinski definition) is 0. The number of hydrogen-bond acceptors (Lipinski definition) is 7. The van der Waals surface area contributed by atoms with Crippen molar-refractivity contribution < 1.29 is 32.7 Å². The number of cyclic esters (lactones) is 1. The van der Waals surface area contributed by atoms with Gasteiger partial charge in [0.25, 0.3) is 0 Å². The molecule has 1 atom stereocenters. The van der Waals surface area contributed by atoms with Gasteiger partial charge in [0.05, 0.1) is 18.4 Å². The molecule has 0 radical (unpaired) electrons. The summed E-state index contributed by atoms with van der Waals surface area (Å²) in [7, 11) is -3.42. The first-order valence-corrected chi connectivity index (χ1v) is 11.0. The summed E-state index contributed by atoms with van der Waals surface area (Å²) in [5.74, 6) is -0.558. The average Bonchev–Trinajstić information content (AvgIpc) is 2.98. The highest BCUT2D eigenvalue weighted by Crippen LogP contribution is 2.51. The van der Waals surface area contributed by atoms with Crippen molar-refractivity contribution in [2.75, 3.05) is 12.9 Å². The number of ether oxygens (including phenoxy) is 2. The van der Waals surface area contributed by atoms with Gasteiger partial charge in [0.1, 0.15) is 12.6 Å². The molecule has 1 aromatic rings. The summed E-state index contributed by atoms with van der Waals surface area (Å²) in [5.41, 5.74) is 0.832. The van der Waals surface area contributed by atoms with Gasteiger partial charge in [0, 0.05) is 0 Å². The Morgan fingerprint density at radius 3 is 2.36 bits per heavy atom. The second kappa shape index (κ2) is 10.0. The summed E-state index contributed by atoms with van der Waals surface area (Å²) in [6.45, 7) is 6.92. The molecule has 28 heavy (non-hydrogen) atoms. The maximum atomic E-state index is 13.0. The molecule has 156 valence electrons. The van der Waals surface area contributed by atoms with Gasteiger partial charge in [-0.1, -0.05) is 30.3 Å². The zero-order chi connectivity index (χ0) is 20.7. The lowest BCUT2D eigenvalue weighted by Crippen LogP contribution is -2.39. The zero-order valence-electron chi connectivity index (χ0n) is 16.7. The lowest BCUT2D eigenvalue weighted by molar-refractivity contribution is -0.139. The Labute approximate surface area is 165 Å². The van der Waals surface area contributed by atoms with E-state index in [-0.39, 0.29) is 38.1 Å². The quantitative estimate of drug-likeness (QED) is 0.447. The molecule has 0 aromatic heterocycles. The second-order valence-electron chi connectivity index (χ2n) is 7.05. The summed E-state index contributed by atoms with van der Waals surface area (Å²) in [6, 6.07) is 8.33. The summed E-state index contributed by atoms with van der Waals surface area (Å²) < 4.78 is 34.2. The molecular weight excluding hydrogens is 385 g/mol. The van der Waals surface area contributed by atoms with Gasteiger partial charge in [0.15, 0.2) is 6.73 Å². The monoisotopic (exact) mass is 413 g/mol. The largest absolute Gasteiger partial charge is 0.444 e. The molecule has 1 aliphatic rings. The van der Waals surface area contributed by atoms with Crippen LogP contribution in [0, 0.1) is 0 Å². The number of benzene rings is 1. The minimum Gasteiger partial charge on any atom is -0.444 e. The molecule has 1 aliphatic heterocycles. The fourth-order valence-electron chi connectivity index (χ4n) is 2.76. The Hall–Kier alpha value is -1.89. The van der Waals surface area contributed by atoms with Crippen molar-refractivity contribution in [3.63, 3.8) is 0 Å². The van der Waals surface area contributed by atoms with Gasteiger partial charge in [-0.3, -0.25) is 9.46 Å². The van der Waals surface area contributed by atoms with E-state index in [2.05, 4.69) is 0 Å². The molecule has 1 amide bonds. The molecule has 0 spiro atoms. The van der Waals surface area contributed by atoms with Gasteiger partial charge in [-0.2, -0.15) is 0 Å². The first-order chi connectivity index (χ1) is 13.2. The molecule has 8 nitrogen and oxygen atoms in total. The maximum Gasteiger partial charge on any atom is 0.413 e. The van der Waals surface area contributed by atoms with E-state index in [0.29, 0.717) is 0 Å². The SMILES string of the molecule is CC(C)OP(=O)(CCC1C(=O)OCN1C(=O)OCc1ccccc1)OC(C)C. The van der Waals surface area contributed by atoms with Crippen LogP contribution < -0.4 is 0 Å². The molecule has 0 bridgehead atoms. The first-order valence-electron chi connectivity index (χ1n) is 9.30. The summed E-state index contributed by atoms with van der Waals surface area (Å²) >= 11 is 0. The van der Waals surface area contributed by atoms with Crippen LogP contribution in [0.5, 0.6) is 0 Å². The highest BCUT2D eigenvalue weighted by atomic mass is 31.2. The lowest BCUT2D eigenvalue weighted by Gasteiger charge is -2.25. The van der Waals surface area contributed by atoms with Crippen molar-refractivity contribution >= 4 is 19.7 Å². The molecule has 0 saturated carbocycles. The molecule has 1 heterocycles. The van der Waals surface area contributed by atoms with Gasteiger partial charge in [0.2, 0.25) is 0 Å². The van der Waals surface area contributed by atoms with E-state index in [4.69, 9.17) is 18.5 Å². The van der Waals surface area contributed by atoms with Crippen LogP contribution in [-0.2, 0) is 34.5 Å². The topological polar surface area (TPSA) is 91.4 Å². The minimum atomic E-state index is -3.42. The van der Waals surface area contributed by atoms with Crippen LogP contribution in [0.3, 0.4) is 0 Å². The molecule has 1 fully saturated rings. The highest BCUT2D eigenvalue weighted by Gasteiger charge is 2.41. The van der Waals surface area contributed by atoms with E-state index < -0.39 is 25.7 Å². The smallest absolute Gasteiger partial charge is 0.413 e. The van der Waals surface area contributed by atoms with E-state index >= 15 is 0 Å². The Balaban J connectivity index is 1.98. The van der Waals surface area contributed by atoms with Crippen LogP contribution in [0.4, 0.5) is 4.79 Å². The normalized spacial score (nSPS) is 17.3. The zero-order valence-corrected chi connectivity index (χ0v) is 17.6. The van der Waals surface area contributed by atoms with E-state index in [1.54, 1.807) is 27.7 Å². The van der Waals surface area contributed by atoms with Crippen molar-refractivity contribution in [2.24, 2.45) is 0 Å². The molecule has 1 aromatic carbocycles. The van der Waals surface area contributed by atoms with Gasteiger partial charge in [-0.05, 0) is 39.7 Å². The molecule has 1 saturated heterocycles. The minimum absolute atomic E-state index is 0.00834. The van der Waals surface area contributed by atoms with Crippen LogP contribution in [0.1, 0.15) is 39.7 Å². The molecule has 9 heteroatoms. The lowest BCUT2D eigenvalue weighted by atomic mass is 10.2. The van der Waals surface area contributed by atoms with Gasteiger partial charge >= 0.3 is 19.7 Å². The van der Waals surface area contributed by atoms with Crippen LogP contribution in [0.2, 0.25) is 0 Å². The van der Waals surface area contributed by atoms with Crippen LogP contribution >= 0.6 is 7.60 Å². The van der Waals surface area contributed by atoms with Crippen molar-refractivity contribution in [1.82, 2.24) is 4.90 Å². The van der Waals surface area contributed by atoms with Gasteiger partial charge in [-0.15, -0.1) is 0 Å². The number of carbonyl (C=O) groups is 2. The Bertz CT molecular complexity index is 693. The third-order valence-electron chi connectivity index (χ3n) is 3.85. The number of nitrogens with zero attached hydrogens (tertiary/aromatic N) is 1. The Morgan fingerprint density at radius 1 is 1.18 bits per heavy atom. The standard InChI is InChI=1S/C19H28NO7P/c1-14(2)26-28(23,27-15(3)4)11-10-17-18(21)25-13-20(17)19(22)24-12-16-8-6-5-7-9-16/h5-9,14-15,17H,10-13H2,1-4H3. The first kappa shape index (κ1) is 22.4. The molecule has 1 unspecified atom stereocenters. The molecule has 0 N–H and O–H groups in total. The van der Waals surface area contributed by atoms with Crippen LogP contribution in [0.25, 0.3) is 0 Å².